The summed E-state index contributed by atoms with van der Waals surface area (Å²) in [7, 11) is 1.69. The minimum Gasteiger partial charge on any atom is -0.380 e. The Labute approximate surface area is 152 Å². The van der Waals surface area contributed by atoms with Crippen molar-refractivity contribution in [2.24, 2.45) is 0 Å². The molecule has 6 nitrogen and oxygen atoms in total. The molecule has 2 heterocycles. The molecule has 1 fully saturated rings. The number of hydrogen-bond acceptors (Lipinski definition) is 5. The molecule has 0 aliphatic carbocycles. The first-order chi connectivity index (χ1) is 12.5. The van der Waals surface area contributed by atoms with Gasteiger partial charge >= 0.3 is 0 Å². The van der Waals surface area contributed by atoms with E-state index in [2.05, 4.69) is 20.2 Å². The molecule has 0 saturated carbocycles. The maximum absolute atomic E-state index is 13.4. The minimum atomic E-state index is -0.314. The third-order valence-corrected chi connectivity index (χ3v) is 4.71. The Balaban J connectivity index is 1.70. The molecule has 2 aromatic rings. The second-order valence-electron chi connectivity index (χ2n) is 6.59. The lowest BCUT2D eigenvalue weighted by molar-refractivity contribution is 0.0946. The van der Waals surface area contributed by atoms with E-state index in [4.69, 9.17) is 4.74 Å². The average molecular weight is 358 g/mol. The van der Waals surface area contributed by atoms with Crippen LogP contribution < -0.4 is 10.2 Å². The van der Waals surface area contributed by atoms with Gasteiger partial charge in [-0.2, -0.15) is 0 Å². The standard InChI is InChI=1S/C19H23FN4O2/c1-12-6-14(4-5-17(12)20)19(25)21-9-15-8-16(26-3)10-24(15)18-7-13(2)22-11-23-18/h4-7,11,15-16H,8-10H2,1-3H3,(H,21,25)/t15-,16-/m0/s1. The lowest BCUT2D eigenvalue weighted by atomic mass is 10.1. The molecule has 1 aliphatic rings. The molecule has 0 spiro atoms. The predicted molar refractivity (Wildman–Crippen MR) is 96.8 cm³/mol. The van der Waals surface area contributed by atoms with Crippen LogP contribution in [0.15, 0.2) is 30.6 Å². The number of anilines is 1. The minimum absolute atomic E-state index is 0.0692. The summed E-state index contributed by atoms with van der Waals surface area (Å²) < 4.78 is 18.9. The Morgan fingerprint density at radius 1 is 1.35 bits per heavy atom. The molecular weight excluding hydrogens is 335 g/mol. The van der Waals surface area contributed by atoms with Crippen molar-refractivity contribution in [1.82, 2.24) is 15.3 Å². The molecule has 2 atom stereocenters. The van der Waals surface area contributed by atoms with Crippen LogP contribution in [-0.2, 0) is 4.74 Å². The number of aromatic nitrogens is 2. The number of hydrogen-bond donors (Lipinski definition) is 1. The number of benzene rings is 1. The zero-order chi connectivity index (χ0) is 18.7. The summed E-state index contributed by atoms with van der Waals surface area (Å²) in [6.45, 7) is 4.73. The van der Waals surface area contributed by atoms with E-state index in [1.807, 2.05) is 13.0 Å². The van der Waals surface area contributed by atoms with Gasteiger partial charge in [0.25, 0.3) is 5.91 Å². The summed E-state index contributed by atoms with van der Waals surface area (Å²) in [5, 5.41) is 2.94. The monoisotopic (exact) mass is 358 g/mol. The molecule has 0 radical (unpaired) electrons. The van der Waals surface area contributed by atoms with E-state index in [-0.39, 0.29) is 23.9 Å². The lowest BCUT2D eigenvalue weighted by Gasteiger charge is -2.25. The molecule has 0 unspecified atom stereocenters. The van der Waals surface area contributed by atoms with E-state index < -0.39 is 0 Å². The first-order valence-corrected chi connectivity index (χ1v) is 8.60. The van der Waals surface area contributed by atoms with Crippen LogP contribution >= 0.6 is 0 Å². The Bertz CT molecular complexity index is 799. The Morgan fingerprint density at radius 3 is 2.85 bits per heavy atom. The van der Waals surface area contributed by atoms with E-state index in [0.717, 1.165) is 17.9 Å². The Morgan fingerprint density at radius 2 is 2.15 bits per heavy atom. The first kappa shape index (κ1) is 18.3. The van der Waals surface area contributed by atoms with E-state index in [1.54, 1.807) is 26.4 Å². The number of aryl methyl sites for hydroxylation is 2. The number of nitrogens with one attached hydrogen (secondary N) is 1. The molecule has 1 aromatic heterocycles. The summed E-state index contributed by atoms with van der Waals surface area (Å²) >= 11 is 0. The molecule has 1 aromatic carbocycles. The van der Waals surface area contributed by atoms with Gasteiger partial charge in [-0.15, -0.1) is 0 Å². The fourth-order valence-electron chi connectivity index (χ4n) is 3.21. The smallest absolute Gasteiger partial charge is 0.251 e. The van der Waals surface area contributed by atoms with Gasteiger partial charge in [-0.1, -0.05) is 0 Å². The fourth-order valence-corrected chi connectivity index (χ4v) is 3.21. The maximum Gasteiger partial charge on any atom is 0.251 e. The van der Waals surface area contributed by atoms with Gasteiger partial charge in [0.05, 0.1) is 12.1 Å². The second-order valence-corrected chi connectivity index (χ2v) is 6.59. The van der Waals surface area contributed by atoms with Gasteiger partial charge < -0.3 is 15.0 Å². The maximum atomic E-state index is 13.4. The van der Waals surface area contributed by atoms with Crippen molar-refractivity contribution in [2.45, 2.75) is 32.4 Å². The highest BCUT2D eigenvalue weighted by Crippen LogP contribution is 2.25. The third kappa shape index (κ3) is 3.99. The van der Waals surface area contributed by atoms with Crippen LogP contribution in [0.25, 0.3) is 0 Å². The Hall–Kier alpha value is -2.54. The van der Waals surface area contributed by atoms with Crippen LogP contribution in [0.1, 0.15) is 28.0 Å². The first-order valence-electron chi connectivity index (χ1n) is 8.60. The topological polar surface area (TPSA) is 67.3 Å². The molecule has 26 heavy (non-hydrogen) atoms. The molecule has 7 heteroatoms. The highest BCUT2D eigenvalue weighted by atomic mass is 19.1. The Kier molecular flexibility index (Phi) is 5.46. The average Bonchev–Trinajstić information content (AvgIpc) is 3.05. The van der Waals surface area contributed by atoms with Gasteiger partial charge in [-0.05, 0) is 44.0 Å². The molecule has 1 saturated heterocycles. The number of amides is 1. The number of ether oxygens (including phenoxy) is 1. The largest absolute Gasteiger partial charge is 0.380 e. The van der Waals surface area contributed by atoms with Crippen molar-refractivity contribution in [1.29, 1.82) is 0 Å². The highest BCUT2D eigenvalue weighted by Gasteiger charge is 2.33. The number of nitrogens with zero attached hydrogens (tertiary/aromatic N) is 3. The molecule has 1 aliphatic heterocycles. The number of rotatable bonds is 5. The van der Waals surface area contributed by atoms with Crippen LogP contribution in [0.4, 0.5) is 10.2 Å². The normalized spacial score (nSPS) is 19.6. The van der Waals surface area contributed by atoms with Crippen molar-refractivity contribution < 1.29 is 13.9 Å². The fraction of sp³-hybridized carbons (Fsp3) is 0.421. The SMILES string of the molecule is CO[C@H]1C[C@@H](CNC(=O)c2ccc(F)c(C)c2)N(c2cc(C)ncn2)C1. The van der Waals surface area contributed by atoms with Gasteiger partial charge in [0.15, 0.2) is 0 Å². The van der Waals surface area contributed by atoms with Crippen molar-refractivity contribution in [3.8, 4) is 0 Å². The van der Waals surface area contributed by atoms with E-state index >= 15 is 0 Å². The summed E-state index contributed by atoms with van der Waals surface area (Å²) in [5.41, 5.74) is 1.80. The summed E-state index contributed by atoms with van der Waals surface area (Å²) in [4.78, 5) is 23.0. The van der Waals surface area contributed by atoms with Crippen LogP contribution in [-0.4, -0.2) is 48.2 Å². The molecule has 1 amide bonds. The van der Waals surface area contributed by atoms with Crippen LogP contribution in [0, 0.1) is 19.7 Å². The molecule has 3 rings (SSSR count). The second kappa shape index (κ2) is 7.78. The van der Waals surface area contributed by atoms with Crippen LogP contribution in [0.5, 0.6) is 0 Å². The van der Waals surface area contributed by atoms with Gasteiger partial charge in [0, 0.05) is 37.5 Å². The molecular formula is C19H23FN4O2. The zero-order valence-electron chi connectivity index (χ0n) is 15.2. The summed E-state index contributed by atoms with van der Waals surface area (Å²) in [5.74, 6) is 0.298. The highest BCUT2D eigenvalue weighted by molar-refractivity contribution is 5.94. The van der Waals surface area contributed by atoms with Gasteiger partial charge in [0.1, 0.15) is 18.0 Å². The number of carbonyl (C=O) groups is 1. The van der Waals surface area contributed by atoms with Crippen LogP contribution in [0.3, 0.4) is 0 Å². The molecule has 138 valence electrons. The predicted octanol–water partition coefficient (Wildman–Crippen LogP) is 2.26. The quantitative estimate of drug-likeness (QED) is 0.888. The summed E-state index contributed by atoms with van der Waals surface area (Å²) in [6.07, 6.45) is 2.42. The number of methoxy groups -OCH3 is 1. The van der Waals surface area contributed by atoms with Gasteiger partial charge in [-0.3, -0.25) is 4.79 Å². The van der Waals surface area contributed by atoms with E-state index in [0.29, 0.717) is 24.2 Å². The van der Waals surface area contributed by atoms with Gasteiger partial charge in [0.2, 0.25) is 0 Å². The molecule has 0 bridgehead atoms. The van der Waals surface area contributed by atoms with Gasteiger partial charge in [-0.25, -0.2) is 14.4 Å². The van der Waals surface area contributed by atoms with Crippen molar-refractivity contribution in [2.75, 3.05) is 25.1 Å². The van der Waals surface area contributed by atoms with Crippen molar-refractivity contribution >= 4 is 11.7 Å². The van der Waals surface area contributed by atoms with E-state index in [1.165, 1.54) is 12.1 Å². The van der Waals surface area contributed by atoms with Crippen molar-refractivity contribution in [3.05, 3.63) is 53.2 Å². The summed E-state index contributed by atoms with van der Waals surface area (Å²) in [6, 6.07) is 6.37. The number of carbonyl (C=O) groups excluding carboxylic acids is 1. The molecule has 1 N–H and O–H groups in total. The van der Waals surface area contributed by atoms with Crippen LogP contribution in [0.2, 0.25) is 0 Å². The number of halogens is 1. The zero-order valence-corrected chi connectivity index (χ0v) is 15.2. The third-order valence-electron chi connectivity index (χ3n) is 4.71. The lowest BCUT2D eigenvalue weighted by Crippen LogP contribution is -2.40. The van der Waals surface area contributed by atoms with Crippen molar-refractivity contribution in [3.63, 3.8) is 0 Å². The van der Waals surface area contributed by atoms with E-state index in [9.17, 15) is 9.18 Å².